The van der Waals surface area contributed by atoms with Gasteiger partial charge in [0.05, 0.1) is 6.61 Å². The molecule has 0 aliphatic carbocycles. The van der Waals surface area contributed by atoms with Crippen molar-refractivity contribution in [3.63, 3.8) is 0 Å². The van der Waals surface area contributed by atoms with E-state index in [4.69, 9.17) is 21.0 Å². The summed E-state index contributed by atoms with van der Waals surface area (Å²) in [6.45, 7) is 0.711. The van der Waals surface area contributed by atoms with Gasteiger partial charge in [-0.15, -0.1) is 5.06 Å². The molecule has 0 saturated carbocycles. The summed E-state index contributed by atoms with van der Waals surface area (Å²) in [6, 6.07) is -0.803. The minimum Gasteiger partial charge on any atom is -0.464 e. The number of carbonyl (C=O) groups excluding carboxylic acids is 2. The van der Waals surface area contributed by atoms with Gasteiger partial charge in [-0.2, -0.15) is 0 Å². The largest absolute Gasteiger partial charge is 0.464 e. The van der Waals surface area contributed by atoms with Crippen molar-refractivity contribution in [1.82, 2.24) is 5.06 Å². The van der Waals surface area contributed by atoms with Crippen LogP contribution in [0.5, 0.6) is 0 Å². The molecule has 17 heavy (non-hydrogen) atoms. The molecule has 0 radical (unpaired) electrons. The summed E-state index contributed by atoms with van der Waals surface area (Å²) in [4.78, 5) is 27.2. The highest BCUT2D eigenvalue weighted by molar-refractivity contribution is 5.77. The number of ether oxygens (including phenoxy) is 1. The van der Waals surface area contributed by atoms with Crippen LogP contribution >= 0.6 is 0 Å². The third kappa shape index (κ3) is 8.61. The van der Waals surface area contributed by atoms with Crippen molar-refractivity contribution in [2.24, 2.45) is 11.5 Å². The van der Waals surface area contributed by atoms with E-state index in [9.17, 15) is 9.59 Å². The summed E-state index contributed by atoms with van der Waals surface area (Å²) >= 11 is 0. The van der Waals surface area contributed by atoms with Gasteiger partial charge in [0.1, 0.15) is 6.04 Å². The number of hydrogen-bond acceptors (Lipinski definition) is 7. The van der Waals surface area contributed by atoms with Crippen LogP contribution in [-0.4, -0.2) is 50.3 Å². The Morgan fingerprint density at radius 1 is 1.35 bits per heavy atom. The molecule has 7 heteroatoms. The van der Waals surface area contributed by atoms with Crippen LogP contribution in [0.1, 0.15) is 19.3 Å². The molecule has 0 heterocycles. The van der Waals surface area contributed by atoms with Crippen LogP contribution in [0.15, 0.2) is 0 Å². The summed E-state index contributed by atoms with van der Waals surface area (Å²) in [5.74, 6) is -0.948. The third-order valence-corrected chi connectivity index (χ3v) is 1.84. The third-order valence-electron chi connectivity index (χ3n) is 1.84. The standard InChI is InChI=1S/C10H21N3O4/c1-13(2)17-9(14)5-4-8(12)10(15)16-7-3-6-11/h8H,3-7,11-12H2,1-2H3/t8-/m0/s1. The Bertz CT molecular complexity index is 246. The van der Waals surface area contributed by atoms with Crippen LogP contribution in [0.25, 0.3) is 0 Å². The molecule has 0 bridgehead atoms. The van der Waals surface area contributed by atoms with Crippen LogP contribution in [0.3, 0.4) is 0 Å². The van der Waals surface area contributed by atoms with E-state index in [1.54, 1.807) is 14.1 Å². The molecule has 0 aromatic rings. The van der Waals surface area contributed by atoms with Gasteiger partial charge in [0.25, 0.3) is 0 Å². The van der Waals surface area contributed by atoms with Gasteiger partial charge in [-0.25, -0.2) is 0 Å². The number of rotatable bonds is 8. The van der Waals surface area contributed by atoms with E-state index in [-0.39, 0.29) is 19.4 Å². The number of hydroxylamine groups is 2. The van der Waals surface area contributed by atoms with Crippen LogP contribution in [0.2, 0.25) is 0 Å². The summed E-state index contributed by atoms with van der Waals surface area (Å²) < 4.78 is 4.85. The normalized spacial score (nSPS) is 12.3. The molecule has 0 aromatic heterocycles. The Hall–Kier alpha value is -1.18. The van der Waals surface area contributed by atoms with Crippen LogP contribution in [0, 0.1) is 0 Å². The second kappa shape index (κ2) is 8.91. The zero-order valence-corrected chi connectivity index (χ0v) is 10.3. The van der Waals surface area contributed by atoms with Crippen molar-refractivity contribution in [3.8, 4) is 0 Å². The molecule has 0 rings (SSSR count). The second-order valence-electron chi connectivity index (χ2n) is 3.73. The van der Waals surface area contributed by atoms with E-state index in [0.717, 1.165) is 0 Å². The van der Waals surface area contributed by atoms with Crippen molar-refractivity contribution in [2.75, 3.05) is 27.2 Å². The molecule has 0 fully saturated rings. The van der Waals surface area contributed by atoms with Gasteiger partial charge in [-0.3, -0.25) is 9.59 Å². The number of nitrogens with two attached hydrogens (primary N) is 2. The van der Waals surface area contributed by atoms with Crippen LogP contribution in [-0.2, 0) is 19.2 Å². The topological polar surface area (TPSA) is 108 Å². The van der Waals surface area contributed by atoms with Crippen molar-refractivity contribution in [1.29, 1.82) is 0 Å². The highest BCUT2D eigenvalue weighted by Crippen LogP contribution is 2.00. The molecule has 0 spiro atoms. The van der Waals surface area contributed by atoms with Crippen LogP contribution < -0.4 is 11.5 Å². The summed E-state index contributed by atoms with van der Waals surface area (Å²) in [7, 11) is 3.19. The van der Waals surface area contributed by atoms with Crippen molar-refractivity contribution in [3.05, 3.63) is 0 Å². The lowest BCUT2D eigenvalue weighted by Crippen LogP contribution is -2.33. The minimum atomic E-state index is -0.803. The van der Waals surface area contributed by atoms with E-state index in [1.165, 1.54) is 5.06 Å². The van der Waals surface area contributed by atoms with E-state index in [2.05, 4.69) is 0 Å². The molecule has 0 aliphatic heterocycles. The Balaban J connectivity index is 3.73. The number of hydrogen-bond donors (Lipinski definition) is 2. The monoisotopic (exact) mass is 247 g/mol. The van der Waals surface area contributed by atoms with Gasteiger partial charge < -0.3 is 21.0 Å². The Morgan fingerprint density at radius 3 is 2.53 bits per heavy atom. The Kier molecular flexibility index (Phi) is 8.29. The van der Waals surface area contributed by atoms with E-state index < -0.39 is 18.0 Å². The Morgan fingerprint density at radius 2 is 2.00 bits per heavy atom. The van der Waals surface area contributed by atoms with Gasteiger partial charge >= 0.3 is 11.9 Å². The maximum absolute atomic E-state index is 11.3. The predicted octanol–water partition coefficient (Wildman–Crippen LogP) is -0.994. The van der Waals surface area contributed by atoms with Gasteiger partial charge in [0, 0.05) is 20.5 Å². The summed E-state index contributed by atoms with van der Waals surface area (Å²) in [5.41, 5.74) is 10.8. The number of esters is 1. The molecule has 0 aromatic carbocycles. The van der Waals surface area contributed by atoms with Crippen LogP contribution in [0.4, 0.5) is 0 Å². The molecular weight excluding hydrogens is 226 g/mol. The average Bonchev–Trinajstić information content (AvgIpc) is 2.25. The molecule has 7 nitrogen and oxygen atoms in total. The fourth-order valence-corrected chi connectivity index (χ4v) is 1.00. The molecular formula is C10H21N3O4. The quantitative estimate of drug-likeness (QED) is 0.322. The zero-order chi connectivity index (χ0) is 13.3. The molecule has 1 atom stereocenters. The molecule has 0 aliphatic rings. The average molecular weight is 247 g/mol. The lowest BCUT2D eigenvalue weighted by Gasteiger charge is -2.12. The SMILES string of the molecule is CN(C)OC(=O)CC[C@H](N)C(=O)OCCCN. The van der Waals surface area contributed by atoms with Crippen molar-refractivity contribution >= 4 is 11.9 Å². The van der Waals surface area contributed by atoms with Crippen molar-refractivity contribution < 1.29 is 19.2 Å². The highest BCUT2D eigenvalue weighted by atomic mass is 16.7. The first kappa shape index (κ1) is 15.8. The second-order valence-corrected chi connectivity index (χ2v) is 3.73. The first-order valence-corrected chi connectivity index (χ1v) is 5.47. The van der Waals surface area contributed by atoms with E-state index in [1.807, 2.05) is 0 Å². The smallest absolute Gasteiger partial charge is 0.325 e. The van der Waals surface area contributed by atoms with Gasteiger partial charge in [-0.1, -0.05) is 0 Å². The summed E-state index contributed by atoms with van der Waals surface area (Å²) in [5, 5.41) is 1.29. The number of carbonyl (C=O) groups is 2. The fourth-order valence-electron chi connectivity index (χ4n) is 1.00. The predicted molar refractivity (Wildman–Crippen MR) is 61.6 cm³/mol. The molecule has 0 amide bonds. The van der Waals surface area contributed by atoms with Gasteiger partial charge in [-0.05, 0) is 19.4 Å². The Labute approximate surface area is 101 Å². The van der Waals surface area contributed by atoms with Crippen molar-refractivity contribution in [2.45, 2.75) is 25.3 Å². The first-order valence-electron chi connectivity index (χ1n) is 5.47. The number of nitrogens with zero attached hydrogens (tertiary/aromatic N) is 1. The minimum absolute atomic E-state index is 0.0747. The highest BCUT2D eigenvalue weighted by Gasteiger charge is 2.17. The maximum Gasteiger partial charge on any atom is 0.325 e. The molecule has 100 valence electrons. The molecule has 0 saturated heterocycles. The molecule has 4 N–H and O–H groups in total. The maximum atomic E-state index is 11.3. The zero-order valence-electron chi connectivity index (χ0n) is 10.3. The van der Waals surface area contributed by atoms with Gasteiger partial charge in [0.2, 0.25) is 0 Å². The first-order chi connectivity index (χ1) is 7.97. The van der Waals surface area contributed by atoms with Gasteiger partial charge in [0.15, 0.2) is 0 Å². The molecule has 0 unspecified atom stereocenters. The summed E-state index contributed by atoms with van der Waals surface area (Å²) in [6.07, 6.45) is 0.876. The lowest BCUT2D eigenvalue weighted by molar-refractivity contribution is -0.178. The van der Waals surface area contributed by atoms with E-state index in [0.29, 0.717) is 13.0 Å². The lowest BCUT2D eigenvalue weighted by atomic mass is 10.2. The van der Waals surface area contributed by atoms with E-state index >= 15 is 0 Å². The fraction of sp³-hybridized carbons (Fsp3) is 0.800.